The highest BCUT2D eigenvalue weighted by molar-refractivity contribution is 14.0. The van der Waals surface area contributed by atoms with Crippen molar-refractivity contribution in [2.45, 2.75) is 38.1 Å². The van der Waals surface area contributed by atoms with Gasteiger partial charge in [0, 0.05) is 38.6 Å². The maximum Gasteiger partial charge on any atom is 0.243 e. The van der Waals surface area contributed by atoms with Crippen LogP contribution in [0, 0.1) is 0 Å². The van der Waals surface area contributed by atoms with Crippen molar-refractivity contribution in [1.82, 2.24) is 15.1 Å². The van der Waals surface area contributed by atoms with Crippen molar-refractivity contribution in [2.75, 3.05) is 34.2 Å². The van der Waals surface area contributed by atoms with Gasteiger partial charge in [-0.25, -0.2) is 4.99 Å². The van der Waals surface area contributed by atoms with Crippen LogP contribution < -0.4 is 5.32 Å². The first-order valence-electron chi connectivity index (χ1n) is 8.31. The van der Waals surface area contributed by atoms with Crippen molar-refractivity contribution in [2.24, 2.45) is 4.99 Å². The van der Waals surface area contributed by atoms with Crippen molar-refractivity contribution in [3.05, 3.63) is 22.4 Å². The molecule has 0 saturated heterocycles. The predicted octanol–water partition coefficient (Wildman–Crippen LogP) is 2.82. The highest BCUT2D eigenvalue weighted by atomic mass is 127. The van der Waals surface area contributed by atoms with Crippen LogP contribution in [0.15, 0.2) is 22.5 Å². The fourth-order valence-corrected chi connectivity index (χ4v) is 3.35. The van der Waals surface area contributed by atoms with E-state index in [0.717, 1.165) is 18.9 Å². The number of aliphatic imine (C=N–C) groups is 1. The highest BCUT2D eigenvalue weighted by Crippen LogP contribution is 2.18. The summed E-state index contributed by atoms with van der Waals surface area (Å²) in [6, 6.07) is 4.74. The predicted molar refractivity (Wildman–Crippen MR) is 112 cm³/mol. The number of amides is 1. The molecule has 1 aliphatic rings. The van der Waals surface area contributed by atoms with E-state index in [1.807, 2.05) is 0 Å². The molecule has 1 aromatic rings. The summed E-state index contributed by atoms with van der Waals surface area (Å²) in [6.45, 7) is 1.10. The molecule has 7 heteroatoms. The number of hydrogen-bond donors (Lipinski definition) is 1. The third-order valence-corrected chi connectivity index (χ3v) is 5.12. The van der Waals surface area contributed by atoms with Crippen molar-refractivity contribution in [3.8, 4) is 0 Å². The van der Waals surface area contributed by atoms with E-state index in [4.69, 9.17) is 0 Å². The number of carbonyl (C=O) groups is 1. The number of hydrogen-bond acceptors (Lipinski definition) is 3. The van der Waals surface area contributed by atoms with Crippen LogP contribution >= 0.6 is 35.3 Å². The average molecular weight is 464 g/mol. The second-order valence-electron chi connectivity index (χ2n) is 6.30. The molecule has 5 nitrogen and oxygen atoms in total. The number of guanidine groups is 1. The third kappa shape index (κ3) is 6.96. The van der Waals surface area contributed by atoms with Gasteiger partial charge in [-0.05, 0) is 30.7 Å². The number of carbonyl (C=O) groups excluding carboxylic acids is 1. The number of thiophene rings is 1. The van der Waals surface area contributed by atoms with Gasteiger partial charge in [0.25, 0.3) is 0 Å². The van der Waals surface area contributed by atoms with E-state index in [1.54, 1.807) is 30.3 Å². The van der Waals surface area contributed by atoms with Gasteiger partial charge in [0.2, 0.25) is 5.91 Å². The van der Waals surface area contributed by atoms with E-state index in [2.05, 4.69) is 39.8 Å². The maximum atomic E-state index is 11.8. The minimum atomic E-state index is 0. The molecule has 1 heterocycles. The van der Waals surface area contributed by atoms with Crippen LogP contribution in [0.3, 0.4) is 0 Å². The summed E-state index contributed by atoms with van der Waals surface area (Å²) in [7, 11) is 5.58. The standard InChI is InChI=1S/C17H28N4OS.HI/c1-20(2)16(22)13-18-17(19-14-7-4-5-8-14)21(3)11-10-15-9-6-12-23-15;/h6,9,12,14H,4-5,7-8,10-11,13H2,1-3H3,(H,18,19);1H. The van der Waals surface area contributed by atoms with Gasteiger partial charge in [0.05, 0.1) is 0 Å². The first-order chi connectivity index (χ1) is 11.1. The van der Waals surface area contributed by atoms with Crippen molar-refractivity contribution < 1.29 is 4.79 Å². The molecule has 0 radical (unpaired) electrons. The molecule has 0 spiro atoms. The SMILES string of the molecule is CN(C)C(=O)CN=C(NC1CCCC1)N(C)CCc1cccs1.I. The molecule has 1 aromatic heterocycles. The Balaban J connectivity index is 0.00000288. The fraction of sp³-hybridized carbons (Fsp3) is 0.647. The van der Waals surface area contributed by atoms with E-state index < -0.39 is 0 Å². The van der Waals surface area contributed by atoms with Crippen molar-refractivity contribution in [1.29, 1.82) is 0 Å². The Morgan fingerprint density at radius 2 is 2.04 bits per heavy atom. The molecule has 1 N–H and O–H groups in total. The van der Waals surface area contributed by atoms with E-state index in [-0.39, 0.29) is 36.4 Å². The van der Waals surface area contributed by atoms with Crippen LogP contribution in [0.1, 0.15) is 30.6 Å². The second kappa shape index (κ2) is 10.9. The van der Waals surface area contributed by atoms with Crippen LogP contribution in [0.2, 0.25) is 0 Å². The van der Waals surface area contributed by atoms with Gasteiger partial charge in [-0.3, -0.25) is 4.79 Å². The van der Waals surface area contributed by atoms with Gasteiger partial charge in [-0.2, -0.15) is 0 Å². The van der Waals surface area contributed by atoms with E-state index in [9.17, 15) is 4.79 Å². The first kappa shape index (κ1) is 21.2. The molecular weight excluding hydrogens is 435 g/mol. The summed E-state index contributed by atoms with van der Waals surface area (Å²) in [5.74, 6) is 0.881. The molecule has 0 aromatic carbocycles. The number of rotatable bonds is 6. The molecule has 1 fully saturated rings. The molecule has 1 amide bonds. The summed E-state index contributed by atoms with van der Waals surface area (Å²) in [4.78, 5) is 21.5. The lowest BCUT2D eigenvalue weighted by Crippen LogP contribution is -2.44. The Hall–Kier alpha value is -0.830. The second-order valence-corrected chi connectivity index (χ2v) is 7.34. The number of nitrogens with zero attached hydrogens (tertiary/aromatic N) is 3. The monoisotopic (exact) mass is 464 g/mol. The lowest BCUT2D eigenvalue weighted by molar-refractivity contribution is -0.127. The average Bonchev–Trinajstić information content (AvgIpc) is 3.21. The lowest BCUT2D eigenvalue weighted by atomic mass is 10.2. The zero-order chi connectivity index (χ0) is 16.7. The van der Waals surface area contributed by atoms with Crippen LogP contribution in [-0.4, -0.2) is 61.9 Å². The minimum absolute atomic E-state index is 0. The Morgan fingerprint density at radius 1 is 1.33 bits per heavy atom. The molecule has 0 bridgehead atoms. The van der Waals surface area contributed by atoms with Gasteiger partial charge < -0.3 is 15.1 Å². The van der Waals surface area contributed by atoms with Gasteiger partial charge in [0.15, 0.2) is 5.96 Å². The normalized spacial score (nSPS) is 15.0. The molecule has 0 atom stereocenters. The zero-order valence-electron chi connectivity index (χ0n) is 14.8. The molecule has 2 rings (SSSR count). The summed E-state index contributed by atoms with van der Waals surface area (Å²) in [5.41, 5.74) is 0. The Morgan fingerprint density at radius 3 is 2.62 bits per heavy atom. The molecule has 0 aliphatic heterocycles. The zero-order valence-corrected chi connectivity index (χ0v) is 18.0. The highest BCUT2D eigenvalue weighted by Gasteiger charge is 2.18. The molecular formula is C17H29IN4OS. The third-order valence-electron chi connectivity index (χ3n) is 4.19. The molecule has 24 heavy (non-hydrogen) atoms. The Labute approximate surface area is 166 Å². The summed E-state index contributed by atoms with van der Waals surface area (Å²) in [6.07, 6.45) is 5.95. The smallest absolute Gasteiger partial charge is 0.243 e. The Bertz CT molecular complexity index is 513. The van der Waals surface area contributed by atoms with E-state index in [1.165, 1.54) is 30.6 Å². The molecule has 136 valence electrons. The molecule has 1 aliphatic carbocycles. The molecule has 0 unspecified atom stereocenters. The number of nitrogens with one attached hydrogen (secondary N) is 1. The minimum Gasteiger partial charge on any atom is -0.354 e. The number of halogens is 1. The number of likely N-dealkylation sites (N-methyl/N-ethyl adjacent to an activating group) is 2. The van der Waals surface area contributed by atoms with Crippen LogP contribution in [0.25, 0.3) is 0 Å². The van der Waals surface area contributed by atoms with Crippen LogP contribution in [0.4, 0.5) is 0 Å². The van der Waals surface area contributed by atoms with Gasteiger partial charge in [0.1, 0.15) is 6.54 Å². The topological polar surface area (TPSA) is 47.9 Å². The van der Waals surface area contributed by atoms with Gasteiger partial charge in [-0.1, -0.05) is 18.9 Å². The summed E-state index contributed by atoms with van der Waals surface area (Å²) < 4.78 is 0. The fourth-order valence-electron chi connectivity index (χ4n) is 2.65. The van der Waals surface area contributed by atoms with Crippen molar-refractivity contribution >= 4 is 47.2 Å². The van der Waals surface area contributed by atoms with Crippen LogP contribution in [0.5, 0.6) is 0 Å². The van der Waals surface area contributed by atoms with E-state index >= 15 is 0 Å². The van der Waals surface area contributed by atoms with Crippen LogP contribution in [-0.2, 0) is 11.2 Å². The van der Waals surface area contributed by atoms with Gasteiger partial charge in [-0.15, -0.1) is 35.3 Å². The van der Waals surface area contributed by atoms with E-state index in [0.29, 0.717) is 6.04 Å². The first-order valence-corrected chi connectivity index (χ1v) is 9.19. The largest absolute Gasteiger partial charge is 0.354 e. The Kier molecular flexibility index (Phi) is 9.65. The molecule has 1 saturated carbocycles. The quantitative estimate of drug-likeness (QED) is 0.400. The van der Waals surface area contributed by atoms with Crippen molar-refractivity contribution in [3.63, 3.8) is 0 Å². The summed E-state index contributed by atoms with van der Waals surface area (Å²) in [5, 5.41) is 5.66. The lowest BCUT2D eigenvalue weighted by Gasteiger charge is -2.25. The maximum absolute atomic E-state index is 11.8. The van der Waals surface area contributed by atoms with Gasteiger partial charge >= 0.3 is 0 Å². The summed E-state index contributed by atoms with van der Waals surface area (Å²) >= 11 is 1.78.